The summed E-state index contributed by atoms with van der Waals surface area (Å²) in [6, 6.07) is 8.33. The summed E-state index contributed by atoms with van der Waals surface area (Å²) in [5.41, 5.74) is 0.836. The zero-order valence-electron chi connectivity index (χ0n) is 12.6. The number of hydrogen-bond donors (Lipinski definition) is 3. The number of hydrogen-bond acceptors (Lipinski definition) is 5. The average Bonchev–Trinajstić information content (AvgIpc) is 2.49. The van der Waals surface area contributed by atoms with Crippen LogP contribution in [0.1, 0.15) is 19.4 Å². The lowest BCUT2D eigenvalue weighted by molar-refractivity contribution is -0.219. The van der Waals surface area contributed by atoms with Crippen molar-refractivity contribution in [2.24, 2.45) is 5.92 Å². The van der Waals surface area contributed by atoms with Gasteiger partial charge in [0.15, 0.2) is 0 Å². The third-order valence-electron chi connectivity index (χ3n) is 2.86. The van der Waals surface area contributed by atoms with Crippen LogP contribution in [0.2, 0.25) is 0 Å². The molecule has 0 bridgehead atoms. The van der Waals surface area contributed by atoms with Crippen LogP contribution in [0.25, 0.3) is 0 Å². The van der Waals surface area contributed by atoms with Crippen LogP contribution in [0.3, 0.4) is 0 Å². The highest BCUT2D eigenvalue weighted by molar-refractivity contribution is 5.88. The molecule has 1 unspecified atom stereocenters. The Hall–Kier alpha value is -2.57. The fourth-order valence-electron chi connectivity index (χ4n) is 1.70. The van der Waals surface area contributed by atoms with Gasteiger partial charge < -0.3 is 25.9 Å². The molecule has 7 nitrogen and oxygen atoms in total. The van der Waals surface area contributed by atoms with E-state index in [4.69, 9.17) is 10.1 Å². The molecular weight excluding hydrogens is 286 g/mol. The normalized spacial score (nSPS) is 11.6. The summed E-state index contributed by atoms with van der Waals surface area (Å²) in [4.78, 5) is 23.6. The van der Waals surface area contributed by atoms with Gasteiger partial charge in [0.2, 0.25) is 5.91 Å². The van der Waals surface area contributed by atoms with Gasteiger partial charge in [0.05, 0.1) is 0 Å². The molecular formula is C15H20N3O4-. The van der Waals surface area contributed by atoms with Crippen molar-refractivity contribution in [1.29, 1.82) is 5.41 Å². The highest BCUT2D eigenvalue weighted by Crippen LogP contribution is 2.04. The molecule has 1 aromatic rings. The molecule has 0 aromatic heterocycles. The van der Waals surface area contributed by atoms with Crippen molar-refractivity contribution in [1.82, 2.24) is 10.6 Å². The van der Waals surface area contributed by atoms with E-state index < -0.39 is 23.9 Å². The first-order chi connectivity index (χ1) is 10.4. The molecule has 22 heavy (non-hydrogen) atoms. The first kappa shape index (κ1) is 17.5. The maximum absolute atomic E-state index is 11.9. The quantitative estimate of drug-likeness (QED) is 0.499. The lowest BCUT2D eigenvalue weighted by Gasteiger charge is -2.22. The molecule has 1 aromatic carbocycles. The summed E-state index contributed by atoms with van der Waals surface area (Å²) in [6.07, 6.45) is -0.713. The molecule has 0 radical (unpaired) electrons. The molecule has 0 spiro atoms. The summed E-state index contributed by atoms with van der Waals surface area (Å²) in [7, 11) is 0. The standard InChI is InChI=1S/C15H21N3O4/c1-10(2)13(14(20)17-8-12(16)19)18-15(21)22-9-11-6-4-3-5-7-11/h3-7,10,13H,8-9H2,1-2H3,(H2,16,19)(H,17,20)(H,18,21)/p-1. The summed E-state index contributed by atoms with van der Waals surface area (Å²) in [5.74, 6) is -1.61. The molecule has 0 aliphatic carbocycles. The fourth-order valence-corrected chi connectivity index (χ4v) is 1.70. The van der Waals surface area contributed by atoms with Gasteiger partial charge in [0, 0.05) is 6.54 Å². The van der Waals surface area contributed by atoms with Crippen molar-refractivity contribution in [3.05, 3.63) is 35.9 Å². The average molecular weight is 306 g/mol. The maximum Gasteiger partial charge on any atom is 0.408 e. The number of carbonyl (C=O) groups is 2. The predicted molar refractivity (Wildman–Crippen MR) is 79.1 cm³/mol. The number of amides is 2. The minimum atomic E-state index is -0.900. The summed E-state index contributed by atoms with van der Waals surface area (Å²) in [5, 5.41) is 22.1. The SMILES string of the molecule is CC(C)C(NC(=O)OCc1ccccc1)C(=O)NCC(=N)[O-]. The number of alkyl carbamates (subject to hydrolysis) is 1. The van der Waals surface area contributed by atoms with Crippen LogP contribution in [0, 0.1) is 11.3 Å². The number of rotatable bonds is 7. The topological polar surface area (TPSA) is 114 Å². The van der Waals surface area contributed by atoms with Gasteiger partial charge in [-0.05, 0) is 17.4 Å². The van der Waals surface area contributed by atoms with Gasteiger partial charge in [-0.2, -0.15) is 0 Å². The molecule has 2 amide bonds. The Morgan fingerprint density at radius 2 is 1.91 bits per heavy atom. The van der Waals surface area contributed by atoms with Gasteiger partial charge in [-0.3, -0.25) is 4.79 Å². The highest BCUT2D eigenvalue weighted by Gasteiger charge is 2.24. The molecule has 7 heteroatoms. The van der Waals surface area contributed by atoms with Gasteiger partial charge in [0.1, 0.15) is 12.6 Å². The molecule has 1 atom stereocenters. The molecule has 0 heterocycles. The molecule has 3 N–H and O–H groups in total. The summed E-state index contributed by atoms with van der Waals surface area (Å²) < 4.78 is 5.05. The van der Waals surface area contributed by atoms with Crippen LogP contribution < -0.4 is 15.7 Å². The molecule has 1 rings (SSSR count). The summed E-state index contributed by atoms with van der Waals surface area (Å²) in [6.45, 7) is 3.22. The van der Waals surface area contributed by atoms with Crippen molar-refractivity contribution in [2.45, 2.75) is 26.5 Å². The van der Waals surface area contributed by atoms with Gasteiger partial charge in [0.25, 0.3) is 0 Å². The van der Waals surface area contributed by atoms with Crippen molar-refractivity contribution in [2.75, 3.05) is 6.54 Å². The molecule has 0 fully saturated rings. The maximum atomic E-state index is 11.9. The Morgan fingerprint density at radius 3 is 2.45 bits per heavy atom. The van der Waals surface area contributed by atoms with Crippen molar-refractivity contribution < 1.29 is 19.4 Å². The largest absolute Gasteiger partial charge is 0.861 e. The fraction of sp³-hybridized carbons (Fsp3) is 0.400. The van der Waals surface area contributed by atoms with Gasteiger partial charge in [-0.1, -0.05) is 44.2 Å². The van der Waals surface area contributed by atoms with Crippen LogP contribution in [0.5, 0.6) is 0 Å². The number of nitrogens with one attached hydrogen (secondary N) is 3. The zero-order valence-corrected chi connectivity index (χ0v) is 12.6. The second kappa shape index (κ2) is 8.66. The minimum absolute atomic E-state index is 0.102. The third-order valence-corrected chi connectivity index (χ3v) is 2.86. The summed E-state index contributed by atoms with van der Waals surface area (Å²) >= 11 is 0. The highest BCUT2D eigenvalue weighted by atomic mass is 16.5. The Kier molecular flexibility index (Phi) is 6.88. The minimum Gasteiger partial charge on any atom is -0.861 e. The Bertz CT molecular complexity index is 517. The Balaban J connectivity index is 2.50. The van der Waals surface area contributed by atoms with Crippen molar-refractivity contribution >= 4 is 17.9 Å². The lowest BCUT2D eigenvalue weighted by Crippen LogP contribution is -2.51. The molecule has 0 aliphatic heterocycles. The van der Waals surface area contributed by atoms with Crippen molar-refractivity contribution in [3.8, 4) is 0 Å². The van der Waals surface area contributed by atoms with Crippen LogP contribution in [-0.2, 0) is 16.1 Å². The monoisotopic (exact) mass is 306 g/mol. The van der Waals surface area contributed by atoms with Gasteiger partial charge >= 0.3 is 6.09 Å². The van der Waals surface area contributed by atoms with Crippen LogP contribution in [0.4, 0.5) is 4.79 Å². The van der Waals surface area contributed by atoms with E-state index in [1.54, 1.807) is 13.8 Å². The number of ether oxygens (including phenoxy) is 1. The van der Waals surface area contributed by atoms with Crippen LogP contribution in [-0.4, -0.2) is 30.5 Å². The second-order valence-corrected chi connectivity index (χ2v) is 5.07. The van der Waals surface area contributed by atoms with E-state index in [0.717, 1.165) is 5.56 Å². The third kappa shape index (κ3) is 6.25. The Labute approximate surface area is 129 Å². The van der Waals surface area contributed by atoms with E-state index in [9.17, 15) is 14.7 Å². The van der Waals surface area contributed by atoms with Gasteiger partial charge in [-0.25, -0.2) is 4.79 Å². The molecule has 0 saturated carbocycles. The molecule has 120 valence electrons. The first-order valence-corrected chi connectivity index (χ1v) is 6.89. The van der Waals surface area contributed by atoms with E-state index >= 15 is 0 Å². The zero-order chi connectivity index (χ0) is 16.5. The second-order valence-electron chi connectivity index (χ2n) is 5.07. The number of carbonyl (C=O) groups excluding carboxylic acids is 2. The van der Waals surface area contributed by atoms with E-state index in [2.05, 4.69) is 10.6 Å². The van der Waals surface area contributed by atoms with Gasteiger partial charge in [-0.15, -0.1) is 0 Å². The Morgan fingerprint density at radius 1 is 1.27 bits per heavy atom. The van der Waals surface area contributed by atoms with E-state index in [1.165, 1.54) is 0 Å². The molecule has 0 aliphatic rings. The smallest absolute Gasteiger partial charge is 0.408 e. The van der Waals surface area contributed by atoms with E-state index in [-0.39, 0.29) is 19.1 Å². The van der Waals surface area contributed by atoms with Crippen LogP contribution in [0.15, 0.2) is 30.3 Å². The van der Waals surface area contributed by atoms with Crippen LogP contribution >= 0.6 is 0 Å². The van der Waals surface area contributed by atoms with Crippen molar-refractivity contribution in [3.63, 3.8) is 0 Å². The molecule has 0 saturated heterocycles. The predicted octanol–water partition coefficient (Wildman–Crippen LogP) is 0.391. The van der Waals surface area contributed by atoms with E-state index in [0.29, 0.717) is 0 Å². The lowest BCUT2D eigenvalue weighted by atomic mass is 10.0. The van der Waals surface area contributed by atoms with E-state index in [1.807, 2.05) is 30.3 Å². The number of benzene rings is 1. The first-order valence-electron chi connectivity index (χ1n) is 6.89.